The third kappa shape index (κ3) is 2.09. The molecule has 82 valence electrons. The minimum atomic E-state index is -3.24. The number of benzene rings is 1. The number of rotatable bonds is 2. The van der Waals surface area contributed by atoms with Crippen LogP contribution in [0.1, 0.15) is 6.92 Å². The van der Waals surface area contributed by atoms with Gasteiger partial charge in [0.2, 0.25) is 10.0 Å². The summed E-state index contributed by atoms with van der Waals surface area (Å²) in [5, 5.41) is 0. The van der Waals surface area contributed by atoms with Crippen LogP contribution in [-0.4, -0.2) is 25.8 Å². The Kier molecular flexibility index (Phi) is 2.87. The van der Waals surface area contributed by atoms with Gasteiger partial charge in [-0.1, -0.05) is 22.9 Å². The van der Waals surface area contributed by atoms with Gasteiger partial charge in [0.15, 0.2) is 0 Å². The summed E-state index contributed by atoms with van der Waals surface area (Å²) in [6.07, 6.45) is 0. The van der Waals surface area contributed by atoms with Gasteiger partial charge in [0, 0.05) is 17.6 Å². The lowest BCUT2D eigenvalue weighted by atomic mass is 10.1. The molecule has 5 heteroatoms. The van der Waals surface area contributed by atoms with Crippen molar-refractivity contribution < 1.29 is 8.42 Å². The SMILES string of the molecule is CC1CN(S(=O)(=O)c2ccc(Br)cc2)C1. The second kappa shape index (κ2) is 3.88. The van der Waals surface area contributed by atoms with E-state index in [0.29, 0.717) is 23.9 Å². The van der Waals surface area contributed by atoms with E-state index >= 15 is 0 Å². The van der Waals surface area contributed by atoms with E-state index in [-0.39, 0.29) is 0 Å². The van der Waals surface area contributed by atoms with E-state index in [0.717, 1.165) is 4.47 Å². The molecule has 0 N–H and O–H groups in total. The van der Waals surface area contributed by atoms with Gasteiger partial charge in [-0.05, 0) is 30.2 Å². The highest BCUT2D eigenvalue weighted by molar-refractivity contribution is 9.10. The van der Waals surface area contributed by atoms with Gasteiger partial charge >= 0.3 is 0 Å². The van der Waals surface area contributed by atoms with Crippen LogP contribution < -0.4 is 0 Å². The molecule has 15 heavy (non-hydrogen) atoms. The van der Waals surface area contributed by atoms with Gasteiger partial charge < -0.3 is 0 Å². The van der Waals surface area contributed by atoms with Gasteiger partial charge in [-0.15, -0.1) is 0 Å². The van der Waals surface area contributed by atoms with E-state index in [1.807, 2.05) is 6.92 Å². The number of hydrogen-bond acceptors (Lipinski definition) is 2. The third-order valence-electron chi connectivity index (χ3n) is 2.48. The Labute approximate surface area is 98.3 Å². The highest BCUT2D eigenvalue weighted by atomic mass is 79.9. The maximum Gasteiger partial charge on any atom is 0.243 e. The molecule has 1 aromatic rings. The summed E-state index contributed by atoms with van der Waals surface area (Å²) in [6, 6.07) is 6.75. The van der Waals surface area contributed by atoms with E-state index in [1.165, 1.54) is 4.31 Å². The largest absolute Gasteiger partial charge is 0.243 e. The van der Waals surface area contributed by atoms with Gasteiger partial charge in [0.05, 0.1) is 4.90 Å². The van der Waals surface area contributed by atoms with Crippen molar-refractivity contribution in [2.45, 2.75) is 11.8 Å². The predicted octanol–water partition coefficient (Wildman–Crippen LogP) is 2.09. The van der Waals surface area contributed by atoms with Crippen LogP contribution in [0.4, 0.5) is 0 Å². The van der Waals surface area contributed by atoms with Crippen molar-refractivity contribution in [2.75, 3.05) is 13.1 Å². The second-order valence-corrected chi connectivity index (χ2v) is 6.73. The predicted molar refractivity (Wildman–Crippen MR) is 62.1 cm³/mol. The van der Waals surface area contributed by atoms with Crippen molar-refractivity contribution in [1.82, 2.24) is 4.31 Å². The van der Waals surface area contributed by atoms with Gasteiger partial charge in [-0.25, -0.2) is 8.42 Å². The Hall–Kier alpha value is -0.390. The molecule has 1 heterocycles. The lowest BCUT2D eigenvalue weighted by Gasteiger charge is -2.35. The van der Waals surface area contributed by atoms with Crippen LogP contribution in [-0.2, 0) is 10.0 Å². The molecule has 2 rings (SSSR count). The third-order valence-corrected chi connectivity index (χ3v) is 4.86. The van der Waals surface area contributed by atoms with E-state index < -0.39 is 10.0 Å². The van der Waals surface area contributed by atoms with Crippen LogP contribution in [0.2, 0.25) is 0 Å². The summed E-state index contributed by atoms with van der Waals surface area (Å²) in [4.78, 5) is 0.373. The molecule has 0 amide bonds. The Morgan fingerprint density at radius 3 is 2.27 bits per heavy atom. The van der Waals surface area contributed by atoms with Gasteiger partial charge in [0.1, 0.15) is 0 Å². The molecule has 0 unspecified atom stereocenters. The number of hydrogen-bond donors (Lipinski definition) is 0. The standard InChI is InChI=1S/C10H12BrNO2S/c1-8-6-12(7-8)15(13,14)10-4-2-9(11)3-5-10/h2-5,8H,6-7H2,1H3. The lowest BCUT2D eigenvalue weighted by Crippen LogP contribution is -2.48. The maximum absolute atomic E-state index is 12.0. The summed E-state index contributed by atoms with van der Waals surface area (Å²) < 4.78 is 26.4. The Morgan fingerprint density at radius 2 is 1.80 bits per heavy atom. The van der Waals surface area contributed by atoms with Crippen molar-refractivity contribution in [1.29, 1.82) is 0 Å². The molecule has 0 aromatic heterocycles. The van der Waals surface area contributed by atoms with Crippen LogP contribution in [0.15, 0.2) is 33.6 Å². The lowest BCUT2D eigenvalue weighted by molar-refractivity contribution is 0.218. The summed E-state index contributed by atoms with van der Waals surface area (Å²) in [5.74, 6) is 0.482. The molecule has 1 saturated heterocycles. The summed E-state index contributed by atoms with van der Waals surface area (Å²) >= 11 is 3.28. The first kappa shape index (κ1) is 11.1. The number of sulfonamides is 1. The average Bonchev–Trinajstić information content (AvgIpc) is 2.13. The fourth-order valence-electron chi connectivity index (χ4n) is 1.59. The topological polar surface area (TPSA) is 37.4 Å². The van der Waals surface area contributed by atoms with Crippen LogP contribution in [0.3, 0.4) is 0 Å². The molecule has 0 spiro atoms. The minimum Gasteiger partial charge on any atom is -0.207 e. The molecule has 0 bridgehead atoms. The Morgan fingerprint density at radius 1 is 1.27 bits per heavy atom. The molecule has 1 aliphatic heterocycles. The van der Waals surface area contributed by atoms with Crippen molar-refractivity contribution in [3.63, 3.8) is 0 Å². The molecular formula is C10H12BrNO2S. The van der Waals surface area contributed by atoms with Gasteiger partial charge in [-0.3, -0.25) is 0 Å². The molecule has 0 aliphatic carbocycles. The smallest absolute Gasteiger partial charge is 0.207 e. The minimum absolute atomic E-state index is 0.373. The zero-order valence-electron chi connectivity index (χ0n) is 8.35. The molecule has 1 aliphatic rings. The van der Waals surface area contributed by atoms with E-state index in [2.05, 4.69) is 15.9 Å². The quantitative estimate of drug-likeness (QED) is 0.836. The second-order valence-electron chi connectivity index (χ2n) is 3.88. The zero-order valence-corrected chi connectivity index (χ0v) is 10.8. The monoisotopic (exact) mass is 289 g/mol. The fraction of sp³-hybridized carbons (Fsp3) is 0.400. The van der Waals surface area contributed by atoms with Crippen molar-refractivity contribution in [3.8, 4) is 0 Å². The molecule has 3 nitrogen and oxygen atoms in total. The first-order valence-electron chi connectivity index (χ1n) is 4.76. The van der Waals surface area contributed by atoms with Crippen LogP contribution in [0.5, 0.6) is 0 Å². The van der Waals surface area contributed by atoms with Crippen LogP contribution >= 0.6 is 15.9 Å². The van der Waals surface area contributed by atoms with Gasteiger partial charge in [-0.2, -0.15) is 4.31 Å². The average molecular weight is 290 g/mol. The molecule has 1 fully saturated rings. The fourth-order valence-corrected chi connectivity index (χ4v) is 3.54. The van der Waals surface area contributed by atoms with Crippen molar-refractivity contribution in [3.05, 3.63) is 28.7 Å². The van der Waals surface area contributed by atoms with E-state index in [9.17, 15) is 8.42 Å². The van der Waals surface area contributed by atoms with E-state index in [4.69, 9.17) is 0 Å². The van der Waals surface area contributed by atoms with Crippen LogP contribution in [0, 0.1) is 5.92 Å². The number of halogens is 1. The van der Waals surface area contributed by atoms with Crippen molar-refractivity contribution in [2.24, 2.45) is 5.92 Å². The Balaban J connectivity index is 2.26. The summed E-state index contributed by atoms with van der Waals surface area (Å²) in [5.41, 5.74) is 0. The zero-order chi connectivity index (χ0) is 11.1. The first-order valence-corrected chi connectivity index (χ1v) is 6.99. The molecule has 0 atom stereocenters. The molecule has 0 radical (unpaired) electrons. The summed E-state index contributed by atoms with van der Waals surface area (Å²) in [6.45, 7) is 3.32. The molecule has 1 aromatic carbocycles. The molecule has 0 saturated carbocycles. The van der Waals surface area contributed by atoms with Crippen LogP contribution in [0.25, 0.3) is 0 Å². The highest BCUT2D eigenvalue weighted by Crippen LogP contribution is 2.25. The normalized spacial score (nSPS) is 18.8. The maximum atomic E-state index is 12.0. The Bertz CT molecular complexity index is 449. The first-order chi connectivity index (χ1) is 7.00. The number of nitrogens with zero attached hydrogens (tertiary/aromatic N) is 1. The van der Waals surface area contributed by atoms with Gasteiger partial charge in [0.25, 0.3) is 0 Å². The highest BCUT2D eigenvalue weighted by Gasteiger charge is 2.33. The van der Waals surface area contributed by atoms with Crippen molar-refractivity contribution >= 4 is 26.0 Å². The molecular weight excluding hydrogens is 278 g/mol. The summed E-state index contributed by atoms with van der Waals surface area (Å²) in [7, 11) is -3.24. The van der Waals surface area contributed by atoms with E-state index in [1.54, 1.807) is 24.3 Å².